The second-order valence-electron chi connectivity index (χ2n) is 6.26. The summed E-state index contributed by atoms with van der Waals surface area (Å²) in [5.74, 6) is 1.12. The van der Waals surface area contributed by atoms with Gasteiger partial charge in [-0.05, 0) is 62.4 Å². The summed E-state index contributed by atoms with van der Waals surface area (Å²) in [7, 11) is 0. The van der Waals surface area contributed by atoms with Crippen LogP contribution in [0.5, 0.6) is 0 Å². The number of aryl methyl sites for hydroxylation is 1. The van der Waals surface area contributed by atoms with Crippen molar-refractivity contribution in [1.82, 2.24) is 10.6 Å². The van der Waals surface area contributed by atoms with E-state index in [1.54, 1.807) is 0 Å². The lowest BCUT2D eigenvalue weighted by molar-refractivity contribution is 0.0949. The topological polar surface area (TPSA) is 41.1 Å². The molecular formula is C17H26N2O. The van der Waals surface area contributed by atoms with E-state index < -0.39 is 0 Å². The highest BCUT2D eigenvalue weighted by atomic mass is 16.1. The van der Waals surface area contributed by atoms with Gasteiger partial charge in [0.05, 0.1) is 0 Å². The maximum absolute atomic E-state index is 12.2. The van der Waals surface area contributed by atoms with Gasteiger partial charge in [0.15, 0.2) is 0 Å². The average Bonchev–Trinajstić information content (AvgIpc) is 2.45. The number of hydrogen-bond donors (Lipinski definition) is 2. The largest absolute Gasteiger partial charge is 0.352 e. The Labute approximate surface area is 122 Å². The maximum atomic E-state index is 12.2. The third-order valence-electron chi connectivity index (χ3n) is 3.84. The molecule has 1 aromatic carbocycles. The second-order valence-corrected chi connectivity index (χ2v) is 6.26. The van der Waals surface area contributed by atoms with Crippen molar-refractivity contribution >= 4 is 5.91 Å². The first kappa shape index (κ1) is 15.0. The van der Waals surface area contributed by atoms with Crippen molar-refractivity contribution in [3.8, 4) is 0 Å². The van der Waals surface area contributed by atoms with Crippen LogP contribution < -0.4 is 10.6 Å². The number of piperidine rings is 1. The summed E-state index contributed by atoms with van der Waals surface area (Å²) in [6.45, 7) is 9.17. The number of nitrogens with one attached hydrogen (secondary N) is 2. The van der Waals surface area contributed by atoms with E-state index in [-0.39, 0.29) is 5.91 Å². The quantitative estimate of drug-likeness (QED) is 0.886. The zero-order valence-electron chi connectivity index (χ0n) is 12.8. The highest BCUT2D eigenvalue weighted by molar-refractivity contribution is 5.94. The standard InChI is InChI=1S/C17H26N2O/c1-12(2)11-19-17(20)16-9-13(3)8-15(10-16)14-4-6-18-7-5-14/h8-10,12,14,18H,4-7,11H2,1-3H3,(H,19,20). The molecule has 0 bridgehead atoms. The van der Waals surface area contributed by atoms with Gasteiger partial charge in [0.25, 0.3) is 5.91 Å². The summed E-state index contributed by atoms with van der Waals surface area (Å²) in [4.78, 5) is 12.2. The molecule has 1 saturated heterocycles. The molecule has 1 heterocycles. The van der Waals surface area contributed by atoms with Crippen molar-refractivity contribution in [3.63, 3.8) is 0 Å². The Morgan fingerprint density at radius 3 is 2.65 bits per heavy atom. The zero-order valence-corrected chi connectivity index (χ0v) is 12.8. The summed E-state index contributed by atoms with van der Waals surface area (Å²) >= 11 is 0. The Bertz CT molecular complexity index is 462. The van der Waals surface area contributed by atoms with Crippen molar-refractivity contribution < 1.29 is 4.79 Å². The van der Waals surface area contributed by atoms with Gasteiger partial charge in [-0.25, -0.2) is 0 Å². The van der Waals surface area contributed by atoms with Crippen LogP contribution in [0.1, 0.15) is 54.1 Å². The van der Waals surface area contributed by atoms with E-state index in [4.69, 9.17) is 0 Å². The van der Waals surface area contributed by atoms with Crippen LogP contribution in [-0.4, -0.2) is 25.5 Å². The van der Waals surface area contributed by atoms with Crippen LogP contribution in [0.25, 0.3) is 0 Å². The van der Waals surface area contributed by atoms with E-state index in [0.29, 0.717) is 11.8 Å². The van der Waals surface area contributed by atoms with E-state index in [1.165, 1.54) is 11.1 Å². The molecule has 0 radical (unpaired) electrons. The molecule has 1 aliphatic heterocycles. The molecule has 1 aliphatic rings. The molecule has 0 spiro atoms. The Morgan fingerprint density at radius 2 is 2.00 bits per heavy atom. The average molecular weight is 274 g/mol. The van der Waals surface area contributed by atoms with Gasteiger partial charge in [0, 0.05) is 12.1 Å². The molecule has 0 aromatic heterocycles. The maximum Gasteiger partial charge on any atom is 0.251 e. The molecular weight excluding hydrogens is 248 g/mol. The van der Waals surface area contributed by atoms with Gasteiger partial charge in [-0.1, -0.05) is 25.5 Å². The van der Waals surface area contributed by atoms with Crippen LogP contribution in [0.4, 0.5) is 0 Å². The number of carbonyl (C=O) groups is 1. The Morgan fingerprint density at radius 1 is 1.30 bits per heavy atom. The van der Waals surface area contributed by atoms with Crippen LogP contribution in [0.2, 0.25) is 0 Å². The van der Waals surface area contributed by atoms with Crippen molar-refractivity contribution in [2.75, 3.05) is 19.6 Å². The van der Waals surface area contributed by atoms with Crippen molar-refractivity contribution in [2.24, 2.45) is 5.92 Å². The molecule has 2 N–H and O–H groups in total. The smallest absolute Gasteiger partial charge is 0.251 e. The summed E-state index contributed by atoms with van der Waals surface area (Å²) in [5, 5.41) is 6.39. The predicted molar refractivity (Wildman–Crippen MR) is 83.2 cm³/mol. The second kappa shape index (κ2) is 6.89. The molecule has 110 valence electrons. The van der Waals surface area contributed by atoms with Gasteiger partial charge in [-0.2, -0.15) is 0 Å². The van der Waals surface area contributed by atoms with Crippen molar-refractivity contribution in [2.45, 2.75) is 39.5 Å². The van der Waals surface area contributed by atoms with Crippen molar-refractivity contribution in [3.05, 3.63) is 34.9 Å². The molecule has 0 aliphatic carbocycles. The van der Waals surface area contributed by atoms with Crippen LogP contribution in [-0.2, 0) is 0 Å². The van der Waals surface area contributed by atoms with E-state index >= 15 is 0 Å². The number of rotatable bonds is 4. The lowest BCUT2D eigenvalue weighted by atomic mass is 9.88. The van der Waals surface area contributed by atoms with Gasteiger partial charge in [0.1, 0.15) is 0 Å². The highest BCUT2D eigenvalue weighted by Gasteiger charge is 2.17. The summed E-state index contributed by atoms with van der Waals surface area (Å²) < 4.78 is 0. The van der Waals surface area contributed by atoms with Gasteiger partial charge in [-0.3, -0.25) is 4.79 Å². The fraction of sp³-hybridized carbons (Fsp3) is 0.588. The number of hydrogen-bond acceptors (Lipinski definition) is 2. The van der Waals surface area contributed by atoms with Crippen molar-refractivity contribution in [1.29, 1.82) is 0 Å². The van der Waals surface area contributed by atoms with Crippen LogP contribution in [0.3, 0.4) is 0 Å². The third-order valence-corrected chi connectivity index (χ3v) is 3.84. The minimum Gasteiger partial charge on any atom is -0.352 e. The first-order valence-corrected chi connectivity index (χ1v) is 7.66. The highest BCUT2D eigenvalue weighted by Crippen LogP contribution is 2.26. The zero-order chi connectivity index (χ0) is 14.5. The first-order chi connectivity index (χ1) is 9.56. The normalized spacial score (nSPS) is 16.4. The van der Waals surface area contributed by atoms with Crippen LogP contribution in [0, 0.1) is 12.8 Å². The minimum atomic E-state index is 0.0533. The SMILES string of the molecule is Cc1cc(C(=O)NCC(C)C)cc(C2CCNCC2)c1. The number of amides is 1. The minimum absolute atomic E-state index is 0.0533. The summed E-state index contributed by atoms with van der Waals surface area (Å²) in [6, 6.07) is 6.30. The van der Waals surface area contributed by atoms with Crippen LogP contribution in [0.15, 0.2) is 18.2 Å². The fourth-order valence-corrected chi connectivity index (χ4v) is 2.73. The molecule has 20 heavy (non-hydrogen) atoms. The predicted octanol–water partition coefficient (Wildman–Crippen LogP) is 2.85. The molecule has 0 saturated carbocycles. The van der Waals surface area contributed by atoms with E-state index in [1.807, 2.05) is 6.07 Å². The molecule has 0 unspecified atom stereocenters. The molecule has 2 rings (SSSR count). The number of carbonyl (C=O) groups excluding carboxylic acids is 1. The van der Waals surface area contributed by atoms with Gasteiger partial charge >= 0.3 is 0 Å². The third kappa shape index (κ3) is 4.07. The molecule has 1 amide bonds. The molecule has 3 heteroatoms. The Hall–Kier alpha value is -1.35. The lowest BCUT2D eigenvalue weighted by Gasteiger charge is -2.23. The number of benzene rings is 1. The van der Waals surface area contributed by atoms with E-state index in [2.05, 4.69) is 43.5 Å². The monoisotopic (exact) mass is 274 g/mol. The fourth-order valence-electron chi connectivity index (χ4n) is 2.73. The van der Waals surface area contributed by atoms with Gasteiger partial charge in [0.2, 0.25) is 0 Å². The van der Waals surface area contributed by atoms with E-state index in [9.17, 15) is 4.79 Å². The molecule has 1 fully saturated rings. The first-order valence-electron chi connectivity index (χ1n) is 7.66. The molecule has 3 nitrogen and oxygen atoms in total. The lowest BCUT2D eigenvalue weighted by Crippen LogP contribution is -2.28. The molecule has 0 atom stereocenters. The summed E-state index contributed by atoms with van der Waals surface area (Å²) in [6.07, 6.45) is 2.33. The Balaban J connectivity index is 2.13. The van der Waals surface area contributed by atoms with Gasteiger partial charge in [-0.15, -0.1) is 0 Å². The van der Waals surface area contributed by atoms with Gasteiger partial charge < -0.3 is 10.6 Å². The Kier molecular flexibility index (Phi) is 5.18. The summed E-state index contributed by atoms with van der Waals surface area (Å²) in [5.41, 5.74) is 3.30. The molecule has 1 aromatic rings. The van der Waals surface area contributed by atoms with E-state index in [0.717, 1.165) is 38.0 Å². The van der Waals surface area contributed by atoms with Crippen LogP contribution >= 0.6 is 0 Å².